The van der Waals surface area contributed by atoms with Gasteiger partial charge in [0, 0.05) is 16.6 Å². The van der Waals surface area contributed by atoms with Crippen molar-refractivity contribution >= 4 is 22.4 Å². The number of rotatable bonds is 6. The number of anilines is 1. The highest BCUT2D eigenvalue weighted by atomic mass is 32.1. The number of methoxy groups -OCH3 is 1. The summed E-state index contributed by atoms with van der Waals surface area (Å²) in [4.78, 5) is 17.5. The third kappa shape index (κ3) is 4.36. The molecule has 25 heavy (non-hydrogen) atoms. The van der Waals surface area contributed by atoms with Crippen molar-refractivity contribution in [1.82, 2.24) is 4.98 Å². The second-order valence-corrected chi connectivity index (χ2v) is 6.60. The minimum atomic E-state index is -0.234. The van der Waals surface area contributed by atoms with E-state index in [1.54, 1.807) is 31.5 Å². The van der Waals surface area contributed by atoms with Gasteiger partial charge >= 0.3 is 0 Å². The fourth-order valence-electron chi connectivity index (χ4n) is 2.25. The van der Waals surface area contributed by atoms with Gasteiger partial charge in [-0.05, 0) is 30.7 Å². The SMILES string of the molecule is COc1cc(C(=O)Nc2ncc(C)s2)ccc1OCc1ccccc1. The third-order valence-electron chi connectivity index (χ3n) is 3.50. The van der Waals surface area contributed by atoms with Crippen LogP contribution in [0.5, 0.6) is 11.5 Å². The smallest absolute Gasteiger partial charge is 0.257 e. The van der Waals surface area contributed by atoms with Crippen molar-refractivity contribution in [2.75, 3.05) is 12.4 Å². The van der Waals surface area contributed by atoms with E-state index >= 15 is 0 Å². The molecule has 0 aliphatic heterocycles. The zero-order valence-electron chi connectivity index (χ0n) is 14.0. The Morgan fingerprint density at radius 3 is 2.64 bits per heavy atom. The minimum Gasteiger partial charge on any atom is -0.493 e. The molecule has 2 aromatic carbocycles. The number of amides is 1. The van der Waals surface area contributed by atoms with Crippen molar-refractivity contribution in [2.45, 2.75) is 13.5 Å². The molecule has 1 N–H and O–H groups in total. The molecule has 3 rings (SSSR count). The summed E-state index contributed by atoms with van der Waals surface area (Å²) < 4.78 is 11.2. The van der Waals surface area contributed by atoms with Crippen molar-refractivity contribution in [3.63, 3.8) is 0 Å². The molecule has 1 heterocycles. The highest BCUT2D eigenvalue weighted by Crippen LogP contribution is 2.29. The van der Waals surface area contributed by atoms with Crippen LogP contribution in [0.3, 0.4) is 0 Å². The van der Waals surface area contributed by atoms with Crippen molar-refractivity contribution in [2.24, 2.45) is 0 Å². The van der Waals surface area contributed by atoms with Crippen molar-refractivity contribution in [1.29, 1.82) is 0 Å². The van der Waals surface area contributed by atoms with Crippen molar-refractivity contribution < 1.29 is 14.3 Å². The lowest BCUT2D eigenvalue weighted by atomic mass is 10.2. The molecule has 0 saturated carbocycles. The van der Waals surface area contributed by atoms with Gasteiger partial charge in [-0.1, -0.05) is 30.3 Å². The van der Waals surface area contributed by atoms with E-state index in [-0.39, 0.29) is 5.91 Å². The number of hydrogen-bond donors (Lipinski definition) is 1. The zero-order chi connectivity index (χ0) is 17.6. The van der Waals surface area contributed by atoms with Gasteiger partial charge in [0.05, 0.1) is 7.11 Å². The standard InChI is InChI=1S/C19H18N2O3S/c1-13-11-20-19(25-13)21-18(22)15-8-9-16(17(10-15)23-2)24-12-14-6-4-3-5-7-14/h3-11H,12H2,1-2H3,(H,20,21,22). The van der Waals surface area contributed by atoms with Crippen LogP contribution in [-0.2, 0) is 6.61 Å². The fourth-order valence-corrected chi connectivity index (χ4v) is 2.90. The van der Waals surface area contributed by atoms with Gasteiger partial charge < -0.3 is 9.47 Å². The number of carbonyl (C=O) groups excluding carboxylic acids is 1. The number of aromatic nitrogens is 1. The number of carbonyl (C=O) groups is 1. The number of ether oxygens (including phenoxy) is 2. The monoisotopic (exact) mass is 354 g/mol. The predicted molar refractivity (Wildman–Crippen MR) is 98.6 cm³/mol. The van der Waals surface area contributed by atoms with E-state index in [1.165, 1.54) is 11.3 Å². The second kappa shape index (κ2) is 7.81. The van der Waals surface area contributed by atoms with E-state index in [4.69, 9.17) is 9.47 Å². The molecule has 5 nitrogen and oxygen atoms in total. The van der Waals surface area contributed by atoms with Crippen LogP contribution in [0.15, 0.2) is 54.7 Å². The lowest BCUT2D eigenvalue weighted by Gasteiger charge is -2.12. The largest absolute Gasteiger partial charge is 0.493 e. The Morgan fingerprint density at radius 2 is 1.96 bits per heavy atom. The Hall–Kier alpha value is -2.86. The van der Waals surface area contributed by atoms with E-state index in [9.17, 15) is 4.79 Å². The van der Waals surface area contributed by atoms with Crippen LogP contribution in [0.4, 0.5) is 5.13 Å². The quantitative estimate of drug-likeness (QED) is 0.717. The summed E-state index contributed by atoms with van der Waals surface area (Å²) >= 11 is 1.43. The summed E-state index contributed by atoms with van der Waals surface area (Å²) in [5.41, 5.74) is 1.54. The molecule has 0 unspecified atom stereocenters. The third-order valence-corrected chi connectivity index (χ3v) is 4.33. The minimum absolute atomic E-state index is 0.234. The average Bonchev–Trinajstić information content (AvgIpc) is 3.05. The number of thiazole rings is 1. The Bertz CT molecular complexity index is 862. The van der Waals surface area contributed by atoms with Gasteiger partial charge in [-0.2, -0.15) is 0 Å². The number of nitrogens with zero attached hydrogens (tertiary/aromatic N) is 1. The Morgan fingerprint density at radius 1 is 1.16 bits per heavy atom. The summed E-state index contributed by atoms with van der Waals surface area (Å²) in [5, 5.41) is 3.35. The molecule has 0 aliphatic rings. The van der Waals surface area contributed by atoms with Gasteiger partial charge in [0.15, 0.2) is 16.6 Å². The van der Waals surface area contributed by atoms with Crippen molar-refractivity contribution in [3.8, 4) is 11.5 Å². The Labute approximate surface area is 150 Å². The van der Waals surface area contributed by atoms with Gasteiger partial charge in [0.25, 0.3) is 5.91 Å². The van der Waals surface area contributed by atoms with E-state index in [0.717, 1.165) is 10.4 Å². The molecule has 6 heteroatoms. The maximum atomic E-state index is 12.3. The van der Waals surface area contributed by atoms with Gasteiger partial charge in [0.1, 0.15) is 6.61 Å². The Balaban J connectivity index is 1.71. The molecular weight excluding hydrogens is 336 g/mol. The first kappa shape index (κ1) is 17.0. The van der Waals surface area contributed by atoms with Crippen LogP contribution >= 0.6 is 11.3 Å². The maximum Gasteiger partial charge on any atom is 0.257 e. The highest BCUT2D eigenvalue weighted by molar-refractivity contribution is 7.15. The molecule has 1 aromatic heterocycles. The van der Waals surface area contributed by atoms with Crippen LogP contribution in [0, 0.1) is 6.92 Å². The lowest BCUT2D eigenvalue weighted by Crippen LogP contribution is -2.12. The molecule has 0 spiro atoms. The summed E-state index contributed by atoms with van der Waals surface area (Å²) in [5.74, 6) is 0.870. The van der Waals surface area contributed by atoms with Crippen LogP contribution in [0.2, 0.25) is 0 Å². The van der Waals surface area contributed by atoms with E-state index < -0.39 is 0 Å². The predicted octanol–water partition coefficient (Wildman–Crippen LogP) is 4.29. The molecule has 0 aliphatic carbocycles. The number of nitrogens with one attached hydrogen (secondary N) is 1. The number of benzene rings is 2. The zero-order valence-corrected chi connectivity index (χ0v) is 14.8. The molecule has 0 radical (unpaired) electrons. The molecule has 3 aromatic rings. The molecule has 0 saturated heterocycles. The van der Waals surface area contributed by atoms with E-state index in [2.05, 4.69) is 10.3 Å². The molecular formula is C19H18N2O3S. The molecule has 0 fully saturated rings. The van der Waals surface area contributed by atoms with Crippen LogP contribution in [0.25, 0.3) is 0 Å². The first-order valence-electron chi connectivity index (χ1n) is 7.74. The summed E-state index contributed by atoms with van der Waals surface area (Å²) in [6.45, 7) is 2.37. The second-order valence-electron chi connectivity index (χ2n) is 5.37. The summed E-state index contributed by atoms with van der Waals surface area (Å²) in [6.07, 6.45) is 1.72. The molecule has 0 bridgehead atoms. The first-order chi connectivity index (χ1) is 12.2. The van der Waals surface area contributed by atoms with Crippen molar-refractivity contribution in [3.05, 3.63) is 70.7 Å². The maximum absolute atomic E-state index is 12.3. The van der Waals surface area contributed by atoms with E-state index in [0.29, 0.717) is 28.8 Å². The van der Waals surface area contributed by atoms with E-state index in [1.807, 2.05) is 37.3 Å². The van der Waals surface area contributed by atoms with Gasteiger partial charge in [-0.15, -0.1) is 11.3 Å². The van der Waals surface area contributed by atoms with Crippen LogP contribution < -0.4 is 14.8 Å². The first-order valence-corrected chi connectivity index (χ1v) is 8.56. The summed E-state index contributed by atoms with van der Waals surface area (Å²) in [7, 11) is 1.55. The molecule has 128 valence electrons. The van der Waals surface area contributed by atoms with Gasteiger partial charge in [-0.25, -0.2) is 4.98 Å². The van der Waals surface area contributed by atoms with Crippen LogP contribution in [0.1, 0.15) is 20.8 Å². The Kier molecular flexibility index (Phi) is 5.30. The highest BCUT2D eigenvalue weighted by Gasteiger charge is 2.13. The number of aryl methyl sites for hydroxylation is 1. The fraction of sp³-hybridized carbons (Fsp3) is 0.158. The lowest BCUT2D eigenvalue weighted by molar-refractivity contribution is 0.102. The van der Waals surface area contributed by atoms with Crippen LogP contribution in [-0.4, -0.2) is 18.0 Å². The normalized spacial score (nSPS) is 10.3. The topological polar surface area (TPSA) is 60.5 Å². The molecule has 0 atom stereocenters. The molecule has 1 amide bonds. The number of hydrogen-bond acceptors (Lipinski definition) is 5. The van der Waals surface area contributed by atoms with Gasteiger partial charge in [-0.3, -0.25) is 10.1 Å². The van der Waals surface area contributed by atoms with Gasteiger partial charge in [0.2, 0.25) is 0 Å². The average molecular weight is 354 g/mol. The summed E-state index contributed by atoms with van der Waals surface area (Å²) in [6, 6.07) is 15.0.